The smallest absolute Gasteiger partial charge is 0.284 e. The van der Waals surface area contributed by atoms with Crippen LogP contribution in [0.2, 0.25) is 0 Å². The van der Waals surface area contributed by atoms with Crippen molar-refractivity contribution < 1.29 is 9.72 Å². The first-order valence-corrected chi connectivity index (χ1v) is 6.14. The van der Waals surface area contributed by atoms with Crippen molar-refractivity contribution in [3.8, 4) is 0 Å². The molecule has 0 saturated heterocycles. The average molecular weight is 313 g/mol. The molecule has 0 spiro atoms. The topological polar surface area (TPSA) is 63.5 Å². The van der Waals surface area contributed by atoms with Crippen molar-refractivity contribution in [2.75, 3.05) is 13.1 Å². The molecule has 0 fully saturated rings. The van der Waals surface area contributed by atoms with Crippen LogP contribution in [0.25, 0.3) is 0 Å². The second kappa shape index (κ2) is 6.30. The quantitative estimate of drug-likeness (QED) is 0.477. The zero-order chi connectivity index (χ0) is 13.7. The molecule has 0 saturated carbocycles. The van der Waals surface area contributed by atoms with Gasteiger partial charge in [0.25, 0.3) is 11.6 Å². The van der Waals surface area contributed by atoms with Crippen LogP contribution in [-0.4, -0.2) is 28.8 Å². The molecule has 0 unspecified atom stereocenters. The Kier molecular flexibility index (Phi) is 5.03. The minimum absolute atomic E-state index is 0.115. The maximum atomic E-state index is 12.1. The van der Waals surface area contributed by atoms with Crippen LogP contribution in [0.15, 0.2) is 35.3 Å². The van der Waals surface area contributed by atoms with Gasteiger partial charge in [-0.1, -0.05) is 6.08 Å². The number of amides is 1. The predicted molar refractivity (Wildman–Crippen MR) is 72.6 cm³/mol. The molecule has 1 aromatic carbocycles. The first-order chi connectivity index (χ1) is 8.51. The monoisotopic (exact) mass is 312 g/mol. The average Bonchev–Trinajstić information content (AvgIpc) is 2.35. The van der Waals surface area contributed by atoms with E-state index in [0.717, 1.165) is 0 Å². The SMILES string of the molecule is C=CCN(CC)C(=O)c1ccc(Br)c([N+](=O)[O-])c1. The summed E-state index contributed by atoms with van der Waals surface area (Å²) in [5.41, 5.74) is 0.184. The summed E-state index contributed by atoms with van der Waals surface area (Å²) in [4.78, 5) is 23.9. The van der Waals surface area contributed by atoms with Gasteiger partial charge in [0.2, 0.25) is 0 Å². The van der Waals surface area contributed by atoms with Crippen LogP contribution in [0.4, 0.5) is 5.69 Å². The Labute approximate surface area is 113 Å². The van der Waals surface area contributed by atoms with Crippen LogP contribution < -0.4 is 0 Å². The molecule has 1 amide bonds. The molecule has 5 nitrogen and oxygen atoms in total. The Balaban J connectivity index is 3.09. The van der Waals surface area contributed by atoms with E-state index in [1.807, 2.05) is 6.92 Å². The number of carbonyl (C=O) groups excluding carboxylic acids is 1. The number of halogens is 1. The number of nitrogens with zero attached hydrogens (tertiary/aromatic N) is 2. The first kappa shape index (κ1) is 14.4. The summed E-state index contributed by atoms with van der Waals surface area (Å²) in [6, 6.07) is 4.34. The van der Waals surface area contributed by atoms with Crippen LogP contribution in [0.5, 0.6) is 0 Å². The molecule has 0 atom stereocenters. The second-order valence-corrected chi connectivity index (χ2v) is 4.41. The summed E-state index contributed by atoms with van der Waals surface area (Å²) in [6.45, 7) is 6.36. The normalized spacial score (nSPS) is 9.89. The largest absolute Gasteiger partial charge is 0.335 e. The Bertz CT molecular complexity index is 488. The number of nitro benzene ring substituents is 1. The van der Waals surface area contributed by atoms with Crippen LogP contribution >= 0.6 is 15.9 Å². The van der Waals surface area contributed by atoms with Crippen LogP contribution in [-0.2, 0) is 0 Å². The lowest BCUT2D eigenvalue weighted by Crippen LogP contribution is -2.30. The molecule has 0 aromatic heterocycles. The number of carbonyl (C=O) groups is 1. The van der Waals surface area contributed by atoms with E-state index in [4.69, 9.17) is 0 Å². The summed E-state index contributed by atoms with van der Waals surface area (Å²) >= 11 is 3.08. The zero-order valence-corrected chi connectivity index (χ0v) is 11.5. The van der Waals surface area contributed by atoms with Crippen molar-refractivity contribution in [2.45, 2.75) is 6.92 Å². The van der Waals surface area contributed by atoms with Gasteiger partial charge >= 0.3 is 0 Å². The van der Waals surface area contributed by atoms with Crippen molar-refractivity contribution >= 4 is 27.5 Å². The van der Waals surface area contributed by atoms with Gasteiger partial charge in [-0.25, -0.2) is 0 Å². The lowest BCUT2D eigenvalue weighted by atomic mass is 10.1. The lowest BCUT2D eigenvalue weighted by molar-refractivity contribution is -0.385. The lowest BCUT2D eigenvalue weighted by Gasteiger charge is -2.18. The van der Waals surface area contributed by atoms with Crippen molar-refractivity contribution in [3.05, 3.63) is 51.0 Å². The summed E-state index contributed by atoms with van der Waals surface area (Å²) < 4.78 is 0.357. The highest BCUT2D eigenvalue weighted by atomic mass is 79.9. The fourth-order valence-electron chi connectivity index (χ4n) is 1.48. The fourth-order valence-corrected chi connectivity index (χ4v) is 1.87. The maximum absolute atomic E-state index is 12.1. The van der Waals surface area contributed by atoms with Crippen LogP contribution in [0.1, 0.15) is 17.3 Å². The molecule has 0 aliphatic carbocycles. The number of nitro groups is 1. The second-order valence-electron chi connectivity index (χ2n) is 3.56. The van der Waals surface area contributed by atoms with E-state index in [1.165, 1.54) is 12.1 Å². The zero-order valence-electron chi connectivity index (χ0n) is 9.93. The maximum Gasteiger partial charge on any atom is 0.284 e. The van der Waals surface area contributed by atoms with Gasteiger partial charge in [-0.05, 0) is 35.0 Å². The first-order valence-electron chi connectivity index (χ1n) is 5.35. The van der Waals surface area contributed by atoms with Crippen molar-refractivity contribution in [3.63, 3.8) is 0 Å². The molecular formula is C12H13BrN2O3. The third-order valence-corrected chi connectivity index (χ3v) is 3.08. The predicted octanol–water partition coefficient (Wildman–Crippen LogP) is 3.01. The van der Waals surface area contributed by atoms with E-state index in [2.05, 4.69) is 22.5 Å². The van der Waals surface area contributed by atoms with Crippen molar-refractivity contribution in [1.29, 1.82) is 0 Å². The number of likely N-dealkylation sites (N-methyl/N-ethyl adjacent to an activating group) is 1. The summed E-state index contributed by atoms with van der Waals surface area (Å²) in [5, 5.41) is 10.8. The number of rotatable bonds is 5. The van der Waals surface area contributed by atoms with Gasteiger partial charge in [-0.2, -0.15) is 0 Å². The van der Waals surface area contributed by atoms with Gasteiger partial charge < -0.3 is 4.90 Å². The highest BCUT2D eigenvalue weighted by molar-refractivity contribution is 9.10. The van der Waals surface area contributed by atoms with Crippen molar-refractivity contribution in [2.24, 2.45) is 0 Å². The molecular weight excluding hydrogens is 300 g/mol. The molecule has 0 aliphatic rings. The van der Waals surface area contributed by atoms with Gasteiger partial charge in [-0.15, -0.1) is 6.58 Å². The van der Waals surface area contributed by atoms with Gasteiger partial charge in [-0.3, -0.25) is 14.9 Å². The van der Waals surface area contributed by atoms with Crippen molar-refractivity contribution in [1.82, 2.24) is 4.90 Å². The molecule has 0 bridgehead atoms. The van der Waals surface area contributed by atoms with Gasteiger partial charge in [0.15, 0.2) is 0 Å². The van der Waals surface area contributed by atoms with E-state index in [-0.39, 0.29) is 11.6 Å². The fraction of sp³-hybridized carbons (Fsp3) is 0.250. The molecule has 6 heteroatoms. The van der Waals surface area contributed by atoms with Gasteiger partial charge in [0, 0.05) is 24.7 Å². The Morgan fingerprint density at radius 3 is 2.78 bits per heavy atom. The summed E-state index contributed by atoms with van der Waals surface area (Å²) in [7, 11) is 0. The molecule has 0 radical (unpaired) electrons. The third-order valence-electron chi connectivity index (χ3n) is 2.41. The van der Waals surface area contributed by atoms with Crippen LogP contribution in [0.3, 0.4) is 0 Å². The molecule has 0 heterocycles. The number of benzene rings is 1. The summed E-state index contributed by atoms with van der Waals surface area (Å²) in [6.07, 6.45) is 1.62. The molecule has 0 N–H and O–H groups in total. The van der Waals surface area contributed by atoms with E-state index >= 15 is 0 Å². The van der Waals surface area contributed by atoms with E-state index in [9.17, 15) is 14.9 Å². The number of hydrogen-bond donors (Lipinski definition) is 0. The molecule has 1 rings (SSSR count). The minimum atomic E-state index is -0.523. The molecule has 1 aromatic rings. The molecule has 18 heavy (non-hydrogen) atoms. The minimum Gasteiger partial charge on any atom is -0.335 e. The van der Waals surface area contributed by atoms with Gasteiger partial charge in [0.1, 0.15) is 0 Å². The highest BCUT2D eigenvalue weighted by Gasteiger charge is 2.18. The highest BCUT2D eigenvalue weighted by Crippen LogP contribution is 2.26. The molecule has 96 valence electrons. The third kappa shape index (κ3) is 3.16. The van der Waals surface area contributed by atoms with Gasteiger partial charge in [0.05, 0.1) is 9.40 Å². The number of hydrogen-bond acceptors (Lipinski definition) is 3. The van der Waals surface area contributed by atoms with E-state index in [1.54, 1.807) is 17.0 Å². The van der Waals surface area contributed by atoms with Crippen LogP contribution in [0, 0.1) is 10.1 Å². The summed E-state index contributed by atoms with van der Waals surface area (Å²) in [5.74, 6) is -0.243. The standard InChI is InChI=1S/C12H13BrN2O3/c1-3-7-14(4-2)12(16)9-5-6-10(13)11(8-9)15(17)18/h3,5-6,8H,1,4,7H2,2H3. The van der Waals surface area contributed by atoms with E-state index in [0.29, 0.717) is 23.1 Å². The Hall–Kier alpha value is -1.69. The Morgan fingerprint density at radius 1 is 1.61 bits per heavy atom. The van der Waals surface area contributed by atoms with E-state index < -0.39 is 4.92 Å². The molecule has 0 aliphatic heterocycles. The Morgan fingerprint density at radius 2 is 2.28 bits per heavy atom.